The van der Waals surface area contributed by atoms with Crippen LogP contribution in [0.5, 0.6) is 5.75 Å². The van der Waals surface area contributed by atoms with Crippen LogP contribution in [0.25, 0.3) is 6.08 Å². The van der Waals surface area contributed by atoms with Gasteiger partial charge in [0.2, 0.25) is 0 Å². The van der Waals surface area contributed by atoms with Gasteiger partial charge in [-0.05, 0) is 35.5 Å². The van der Waals surface area contributed by atoms with Gasteiger partial charge in [0.15, 0.2) is 0 Å². The maximum Gasteiger partial charge on any atom is 0.293 e. The molecule has 0 aliphatic carbocycles. The molecule has 0 saturated carbocycles. The van der Waals surface area contributed by atoms with Crippen LogP contribution in [-0.2, 0) is 4.79 Å². The molecule has 0 bridgehead atoms. The van der Waals surface area contributed by atoms with Crippen LogP contribution >= 0.6 is 23.4 Å². The molecule has 0 radical (unpaired) electrons. The summed E-state index contributed by atoms with van der Waals surface area (Å²) >= 11 is 6.78. The van der Waals surface area contributed by atoms with Gasteiger partial charge in [-0.1, -0.05) is 35.9 Å². The Labute approximate surface area is 163 Å². The van der Waals surface area contributed by atoms with Gasteiger partial charge in [0, 0.05) is 12.1 Å². The van der Waals surface area contributed by atoms with Gasteiger partial charge in [0.1, 0.15) is 12.4 Å². The fourth-order valence-corrected chi connectivity index (χ4v) is 3.44. The van der Waals surface area contributed by atoms with E-state index in [1.165, 1.54) is 24.3 Å². The Morgan fingerprint density at radius 3 is 2.70 bits per heavy atom. The van der Waals surface area contributed by atoms with E-state index >= 15 is 0 Å². The quantitative estimate of drug-likeness (QED) is 0.403. The molecule has 1 fully saturated rings. The molecule has 1 aliphatic heterocycles. The molecule has 7 nitrogen and oxygen atoms in total. The van der Waals surface area contributed by atoms with Gasteiger partial charge in [0.25, 0.3) is 16.8 Å². The summed E-state index contributed by atoms with van der Waals surface area (Å²) in [5.74, 6) is 0.0116. The number of para-hydroxylation sites is 1. The predicted octanol–water partition coefficient (Wildman–Crippen LogP) is 4.36. The highest BCUT2D eigenvalue weighted by Gasteiger charge is 2.34. The van der Waals surface area contributed by atoms with Crippen molar-refractivity contribution in [1.82, 2.24) is 4.90 Å². The molecular weight excluding hydrogens is 392 g/mol. The normalized spacial score (nSPS) is 15.4. The lowest BCUT2D eigenvalue weighted by Gasteiger charge is -2.13. The number of benzene rings is 2. The Hall–Kier alpha value is -2.84. The number of halogens is 1. The van der Waals surface area contributed by atoms with Gasteiger partial charge in [-0.25, -0.2) is 0 Å². The second kappa shape index (κ2) is 8.24. The molecule has 27 heavy (non-hydrogen) atoms. The fourth-order valence-electron chi connectivity index (χ4n) is 2.38. The van der Waals surface area contributed by atoms with Crippen LogP contribution in [0, 0.1) is 10.1 Å². The number of non-ortho nitro benzene ring substituents is 1. The average molecular weight is 405 g/mol. The molecule has 0 N–H and O–H groups in total. The first-order chi connectivity index (χ1) is 13.0. The van der Waals surface area contributed by atoms with Gasteiger partial charge < -0.3 is 4.74 Å². The molecule has 0 aromatic heterocycles. The topological polar surface area (TPSA) is 89.8 Å². The van der Waals surface area contributed by atoms with E-state index in [-0.39, 0.29) is 23.7 Å². The molecule has 0 spiro atoms. The lowest BCUT2D eigenvalue weighted by Crippen LogP contribution is -2.32. The lowest BCUT2D eigenvalue weighted by atomic mass is 10.2. The first kappa shape index (κ1) is 18.9. The Bertz CT molecular complexity index is 947. The number of ether oxygens (including phenoxy) is 1. The molecule has 0 unspecified atom stereocenters. The monoisotopic (exact) mass is 404 g/mol. The Morgan fingerprint density at radius 1 is 1.19 bits per heavy atom. The summed E-state index contributed by atoms with van der Waals surface area (Å²) in [4.78, 5) is 36.2. The number of nitrogens with zero attached hydrogens (tertiary/aromatic N) is 2. The van der Waals surface area contributed by atoms with Crippen LogP contribution in [-0.4, -0.2) is 34.1 Å². The van der Waals surface area contributed by atoms with E-state index < -0.39 is 16.1 Å². The molecule has 9 heteroatoms. The molecular formula is C18H13ClN2O5S. The van der Waals surface area contributed by atoms with Crippen LogP contribution in [0.2, 0.25) is 5.02 Å². The minimum absolute atomic E-state index is 0.0716. The first-order valence-corrected chi connectivity index (χ1v) is 9.02. The highest BCUT2D eigenvalue weighted by atomic mass is 35.5. The third-order valence-electron chi connectivity index (χ3n) is 3.66. The second-order valence-electron chi connectivity index (χ2n) is 5.46. The molecule has 1 aliphatic rings. The number of nitro benzene ring substituents is 1. The highest BCUT2D eigenvalue weighted by molar-refractivity contribution is 8.18. The number of hydrogen-bond acceptors (Lipinski definition) is 6. The fraction of sp³-hybridized carbons (Fsp3) is 0.111. The van der Waals surface area contributed by atoms with Crippen molar-refractivity contribution in [2.24, 2.45) is 0 Å². The number of rotatable bonds is 6. The second-order valence-corrected chi connectivity index (χ2v) is 6.86. The van der Waals surface area contributed by atoms with Crippen molar-refractivity contribution in [2.45, 2.75) is 0 Å². The van der Waals surface area contributed by atoms with Crippen molar-refractivity contribution in [3.05, 3.63) is 74.1 Å². The zero-order chi connectivity index (χ0) is 19.4. The smallest absolute Gasteiger partial charge is 0.293 e. The summed E-state index contributed by atoms with van der Waals surface area (Å²) in [5.41, 5.74) is 0.387. The Morgan fingerprint density at radius 2 is 1.96 bits per heavy atom. The minimum atomic E-state index is -0.519. The Balaban J connectivity index is 1.67. The van der Waals surface area contributed by atoms with Crippen molar-refractivity contribution in [2.75, 3.05) is 13.2 Å². The largest absolute Gasteiger partial charge is 0.490 e. The maximum atomic E-state index is 12.4. The number of nitro groups is 1. The van der Waals surface area contributed by atoms with Gasteiger partial charge in [-0.15, -0.1) is 0 Å². The van der Waals surface area contributed by atoms with Gasteiger partial charge in [0.05, 0.1) is 21.4 Å². The van der Waals surface area contributed by atoms with Crippen LogP contribution < -0.4 is 4.74 Å². The summed E-state index contributed by atoms with van der Waals surface area (Å²) in [6.07, 6.45) is 1.47. The third kappa shape index (κ3) is 4.47. The summed E-state index contributed by atoms with van der Waals surface area (Å²) < 4.78 is 5.51. The zero-order valence-electron chi connectivity index (χ0n) is 13.8. The SMILES string of the molecule is O=C1S/C(=C\c2cccc([N+](=O)[O-])c2)C(=O)N1CCOc1ccccc1Cl. The summed E-state index contributed by atoms with van der Waals surface area (Å²) in [5, 5.41) is 10.9. The van der Waals surface area contributed by atoms with E-state index in [0.29, 0.717) is 16.3 Å². The molecule has 138 valence electrons. The molecule has 2 aromatic carbocycles. The van der Waals surface area contributed by atoms with Gasteiger partial charge >= 0.3 is 0 Å². The number of carbonyl (C=O) groups is 2. The van der Waals surface area contributed by atoms with E-state index in [1.807, 2.05) is 0 Å². The van der Waals surface area contributed by atoms with Crippen LogP contribution in [0.1, 0.15) is 5.56 Å². The van der Waals surface area contributed by atoms with E-state index in [1.54, 1.807) is 30.3 Å². The van der Waals surface area contributed by atoms with Crippen molar-refractivity contribution in [3.8, 4) is 5.75 Å². The molecule has 1 saturated heterocycles. The third-order valence-corrected chi connectivity index (χ3v) is 4.88. The van der Waals surface area contributed by atoms with Crippen LogP contribution in [0.3, 0.4) is 0 Å². The number of thioether (sulfide) groups is 1. The summed E-state index contributed by atoms with van der Waals surface area (Å²) in [6, 6.07) is 12.8. The standard InChI is InChI=1S/C18H13ClN2O5S/c19-14-6-1-2-7-15(14)26-9-8-20-17(22)16(27-18(20)23)11-12-4-3-5-13(10-12)21(24)25/h1-7,10-11H,8-9H2/b16-11-. The summed E-state index contributed by atoms with van der Waals surface area (Å²) in [7, 11) is 0. The van der Waals surface area contributed by atoms with Gasteiger partial charge in [-0.3, -0.25) is 24.6 Å². The average Bonchev–Trinajstić information content (AvgIpc) is 2.91. The van der Waals surface area contributed by atoms with E-state index in [2.05, 4.69) is 0 Å². The Kier molecular flexibility index (Phi) is 5.78. The minimum Gasteiger partial charge on any atom is -0.490 e. The van der Waals surface area contributed by atoms with Crippen molar-refractivity contribution >= 4 is 46.3 Å². The van der Waals surface area contributed by atoms with Crippen molar-refractivity contribution in [3.63, 3.8) is 0 Å². The predicted molar refractivity (Wildman–Crippen MR) is 103 cm³/mol. The first-order valence-electron chi connectivity index (χ1n) is 7.83. The summed E-state index contributed by atoms with van der Waals surface area (Å²) in [6.45, 7) is 0.175. The molecule has 0 atom stereocenters. The molecule has 1 heterocycles. The van der Waals surface area contributed by atoms with Crippen molar-refractivity contribution < 1.29 is 19.2 Å². The molecule has 3 rings (SSSR count). The van der Waals surface area contributed by atoms with Crippen molar-refractivity contribution in [1.29, 1.82) is 0 Å². The number of carbonyl (C=O) groups excluding carboxylic acids is 2. The van der Waals surface area contributed by atoms with Crippen LogP contribution in [0.15, 0.2) is 53.4 Å². The zero-order valence-corrected chi connectivity index (χ0v) is 15.4. The number of imide groups is 1. The molecule has 2 aromatic rings. The van der Waals surface area contributed by atoms with E-state index in [4.69, 9.17) is 16.3 Å². The van der Waals surface area contributed by atoms with E-state index in [0.717, 1.165) is 16.7 Å². The maximum absolute atomic E-state index is 12.4. The lowest BCUT2D eigenvalue weighted by molar-refractivity contribution is -0.384. The highest BCUT2D eigenvalue weighted by Crippen LogP contribution is 2.32. The molecule has 2 amide bonds. The van der Waals surface area contributed by atoms with E-state index in [9.17, 15) is 19.7 Å². The number of hydrogen-bond donors (Lipinski definition) is 0. The van der Waals surface area contributed by atoms with Crippen LogP contribution in [0.4, 0.5) is 10.5 Å². The number of amides is 2. The van der Waals surface area contributed by atoms with Gasteiger partial charge in [-0.2, -0.15) is 0 Å².